The molecule has 0 saturated heterocycles. The van der Waals surface area contributed by atoms with Crippen molar-refractivity contribution in [1.29, 1.82) is 0 Å². The third-order valence-corrected chi connectivity index (χ3v) is 3.54. The monoisotopic (exact) mass is 386 g/mol. The van der Waals surface area contributed by atoms with E-state index in [2.05, 4.69) is 10.1 Å². The molecule has 0 radical (unpaired) electrons. The lowest BCUT2D eigenvalue weighted by Gasteiger charge is -2.13. The van der Waals surface area contributed by atoms with Gasteiger partial charge in [-0.05, 0) is 42.5 Å². The van der Waals surface area contributed by atoms with E-state index in [0.29, 0.717) is 5.69 Å². The molecule has 0 unspecified atom stereocenters. The van der Waals surface area contributed by atoms with Gasteiger partial charge in [-0.2, -0.15) is 0 Å². The van der Waals surface area contributed by atoms with Crippen molar-refractivity contribution in [2.45, 2.75) is 6.36 Å². The van der Waals surface area contributed by atoms with Crippen molar-refractivity contribution < 1.29 is 27.5 Å². The number of anilines is 1. The number of carbonyl (C=O) groups excluding carboxylic acids is 2. The number of benzene rings is 2. The van der Waals surface area contributed by atoms with Crippen LogP contribution >= 0.6 is 11.6 Å². The van der Waals surface area contributed by atoms with Gasteiger partial charge in [-0.3, -0.25) is 9.59 Å². The maximum Gasteiger partial charge on any atom is 0.573 e. The predicted octanol–water partition coefficient (Wildman–Crippen LogP) is 4.19. The van der Waals surface area contributed by atoms with Crippen molar-refractivity contribution in [3.8, 4) is 5.75 Å². The Morgan fingerprint density at radius 2 is 1.69 bits per heavy atom. The smallest absolute Gasteiger partial charge is 0.406 e. The van der Waals surface area contributed by atoms with E-state index in [9.17, 15) is 22.8 Å². The van der Waals surface area contributed by atoms with Crippen molar-refractivity contribution in [2.24, 2.45) is 0 Å². The molecule has 9 heteroatoms. The van der Waals surface area contributed by atoms with E-state index in [1.807, 2.05) is 0 Å². The number of ether oxygens (including phenoxy) is 1. The zero-order chi connectivity index (χ0) is 19.5. The van der Waals surface area contributed by atoms with E-state index in [4.69, 9.17) is 11.6 Å². The van der Waals surface area contributed by atoms with E-state index < -0.39 is 18.0 Å². The third-order valence-electron chi connectivity index (χ3n) is 3.21. The minimum Gasteiger partial charge on any atom is -0.406 e. The maximum atomic E-state index is 12.2. The molecule has 0 aliphatic rings. The first-order valence-corrected chi connectivity index (χ1v) is 7.63. The molecule has 2 amide bonds. The molecule has 0 spiro atoms. The first-order valence-electron chi connectivity index (χ1n) is 7.25. The van der Waals surface area contributed by atoms with Gasteiger partial charge in [0.1, 0.15) is 5.75 Å². The Hall–Kier alpha value is -2.74. The van der Waals surface area contributed by atoms with Gasteiger partial charge in [-0.1, -0.05) is 11.6 Å². The minimum atomic E-state index is -4.80. The van der Waals surface area contributed by atoms with Gasteiger partial charge < -0.3 is 15.0 Å². The number of hydrogen-bond acceptors (Lipinski definition) is 3. The average molecular weight is 387 g/mol. The van der Waals surface area contributed by atoms with E-state index in [1.165, 1.54) is 35.2 Å². The summed E-state index contributed by atoms with van der Waals surface area (Å²) in [5.41, 5.74) is 0.651. The Labute approximate surface area is 152 Å². The number of hydrogen-bond donors (Lipinski definition) is 1. The average Bonchev–Trinajstić information content (AvgIpc) is 2.55. The van der Waals surface area contributed by atoms with Crippen molar-refractivity contribution >= 4 is 29.1 Å². The molecular formula is C17H14ClF3N2O3. The lowest BCUT2D eigenvalue weighted by atomic mass is 10.1. The van der Waals surface area contributed by atoms with Crippen LogP contribution in [-0.2, 0) is 0 Å². The molecular weight excluding hydrogens is 373 g/mol. The highest BCUT2D eigenvalue weighted by Crippen LogP contribution is 2.24. The maximum absolute atomic E-state index is 12.2. The molecule has 0 fully saturated rings. The van der Waals surface area contributed by atoms with E-state index in [-0.39, 0.29) is 22.1 Å². The number of alkyl halides is 3. The summed E-state index contributed by atoms with van der Waals surface area (Å²) in [5, 5.41) is 2.79. The van der Waals surface area contributed by atoms with Crippen LogP contribution in [0.2, 0.25) is 5.02 Å². The summed E-state index contributed by atoms with van der Waals surface area (Å²) in [5.74, 6) is -1.33. The first kappa shape index (κ1) is 19.6. The fourth-order valence-electron chi connectivity index (χ4n) is 2.02. The van der Waals surface area contributed by atoms with Gasteiger partial charge in [0.15, 0.2) is 0 Å². The predicted molar refractivity (Wildman–Crippen MR) is 90.5 cm³/mol. The molecule has 0 bridgehead atoms. The van der Waals surface area contributed by atoms with Crippen LogP contribution < -0.4 is 10.1 Å². The first-order chi connectivity index (χ1) is 12.1. The quantitative estimate of drug-likeness (QED) is 0.857. The van der Waals surface area contributed by atoms with Crippen LogP contribution in [0.15, 0.2) is 42.5 Å². The second kappa shape index (κ2) is 7.65. The fraction of sp³-hybridized carbons (Fsp3) is 0.176. The highest BCUT2D eigenvalue weighted by molar-refractivity contribution is 6.34. The van der Waals surface area contributed by atoms with E-state index in [1.54, 1.807) is 14.1 Å². The number of halogens is 4. The van der Waals surface area contributed by atoms with Gasteiger partial charge in [0.2, 0.25) is 0 Å². The molecule has 26 heavy (non-hydrogen) atoms. The van der Waals surface area contributed by atoms with Crippen LogP contribution in [0.4, 0.5) is 18.9 Å². The summed E-state index contributed by atoms with van der Waals surface area (Å²) >= 11 is 5.99. The Morgan fingerprint density at radius 1 is 1.08 bits per heavy atom. The number of nitrogens with zero attached hydrogens (tertiary/aromatic N) is 1. The number of rotatable bonds is 4. The number of nitrogens with one attached hydrogen (secondary N) is 1. The van der Waals surface area contributed by atoms with Crippen molar-refractivity contribution in [2.75, 3.05) is 19.4 Å². The second-order valence-corrected chi connectivity index (χ2v) is 5.83. The third kappa shape index (κ3) is 5.13. The van der Waals surface area contributed by atoms with Crippen LogP contribution in [0, 0.1) is 0 Å². The summed E-state index contributed by atoms with van der Waals surface area (Å²) in [6.45, 7) is 0. The van der Waals surface area contributed by atoms with E-state index >= 15 is 0 Å². The summed E-state index contributed by atoms with van der Waals surface area (Å²) < 4.78 is 40.2. The Balaban J connectivity index is 2.15. The van der Waals surface area contributed by atoms with Crippen molar-refractivity contribution in [3.63, 3.8) is 0 Å². The van der Waals surface area contributed by atoms with Gasteiger partial charge in [0, 0.05) is 25.3 Å². The highest BCUT2D eigenvalue weighted by atomic mass is 35.5. The molecule has 2 aromatic carbocycles. The van der Waals surface area contributed by atoms with Crippen LogP contribution in [0.3, 0.4) is 0 Å². The molecule has 5 nitrogen and oxygen atoms in total. The summed E-state index contributed by atoms with van der Waals surface area (Å²) in [6, 6.07) is 8.85. The molecule has 0 aliphatic heterocycles. The molecule has 0 heterocycles. The molecule has 138 valence electrons. The van der Waals surface area contributed by atoms with Crippen LogP contribution in [0.1, 0.15) is 20.7 Å². The Morgan fingerprint density at radius 3 is 2.23 bits per heavy atom. The Bertz CT molecular complexity index is 821. The molecule has 0 aliphatic carbocycles. The largest absolute Gasteiger partial charge is 0.573 e. The summed E-state index contributed by atoms with van der Waals surface area (Å²) in [6.07, 6.45) is -4.80. The standard InChI is InChI=1S/C17H14ClF3N2O3/c1-23(2)16(25)13-9-11(5-8-14(13)18)22-15(24)10-3-6-12(7-4-10)26-17(19,20)21/h3-9H,1-2H3,(H,22,24). The molecule has 0 aromatic heterocycles. The van der Waals surface area contributed by atoms with Crippen LogP contribution in [0.5, 0.6) is 5.75 Å². The Kier molecular flexibility index (Phi) is 5.76. The number of carbonyl (C=O) groups is 2. The molecule has 0 saturated carbocycles. The van der Waals surface area contributed by atoms with Gasteiger partial charge in [-0.15, -0.1) is 13.2 Å². The van der Waals surface area contributed by atoms with Gasteiger partial charge >= 0.3 is 6.36 Å². The SMILES string of the molecule is CN(C)C(=O)c1cc(NC(=O)c2ccc(OC(F)(F)F)cc2)ccc1Cl. The summed E-state index contributed by atoms with van der Waals surface area (Å²) in [7, 11) is 3.13. The van der Waals surface area contributed by atoms with E-state index in [0.717, 1.165) is 12.1 Å². The van der Waals surface area contributed by atoms with Crippen LogP contribution in [0.25, 0.3) is 0 Å². The van der Waals surface area contributed by atoms with Crippen molar-refractivity contribution in [3.05, 3.63) is 58.6 Å². The fourth-order valence-corrected chi connectivity index (χ4v) is 2.22. The minimum absolute atomic E-state index is 0.120. The zero-order valence-electron chi connectivity index (χ0n) is 13.7. The van der Waals surface area contributed by atoms with Crippen LogP contribution in [-0.4, -0.2) is 37.2 Å². The second-order valence-electron chi connectivity index (χ2n) is 5.42. The van der Waals surface area contributed by atoms with Gasteiger partial charge in [0.25, 0.3) is 11.8 Å². The highest BCUT2D eigenvalue weighted by Gasteiger charge is 2.31. The summed E-state index contributed by atoms with van der Waals surface area (Å²) in [4.78, 5) is 25.6. The van der Waals surface area contributed by atoms with Crippen molar-refractivity contribution in [1.82, 2.24) is 4.90 Å². The lowest BCUT2D eigenvalue weighted by Crippen LogP contribution is -2.22. The topological polar surface area (TPSA) is 58.6 Å². The molecule has 2 rings (SSSR count). The van der Waals surface area contributed by atoms with Gasteiger partial charge in [0.05, 0.1) is 10.6 Å². The van der Waals surface area contributed by atoms with Gasteiger partial charge in [-0.25, -0.2) is 0 Å². The zero-order valence-corrected chi connectivity index (χ0v) is 14.5. The molecule has 2 aromatic rings. The lowest BCUT2D eigenvalue weighted by molar-refractivity contribution is -0.274. The molecule has 0 atom stereocenters. The molecule has 1 N–H and O–H groups in total. The number of amides is 2. The normalized spacial score (nSPS) is 11.0.